The normalized spacial score (nSPS) is 20.8. The van der Waals surface area contributed by atoms with Gasteiger partial charge >= 0.3 is 5.97 Å². The summed E-state index contributed by atoms with van der Waals surface area (Å²) in [6.45, 7) is 1.90. The molecule has 1 saturated heterocycles. The number of nitriles is 1. The third-order valence-electron chi connectivity index (χ3n) is 3.46. The Morgan fingerprint density at radius 2 is 2.33 bits per heavy atom. The van der Waals surface area contributed by atoms with Crippen LogP contribution < -0.4 is 4.90 Å². The van der Waals surface area contributed by atoms with Crippen LogP contribution in [0.3, 0.4) is 0 Å². The van der Waals surface area contributed by atoms with E-state index in [1.807, 2.05) is 0 Å². The first-order valence-corrected chi connectivity index (χ1v) is 8.21. The van der Waals surface area contributed by atoms with Crippen molar-refractivity contribution in [2.45, 2.75) is 19.4 Å². The van der Waals surface area contributed by atoms with Gasteiger partial charge in [0.1, 0.15) is 11.9 Å². The fourth-order valence-electron chi connectivity index (χ4n) is 2.44. The number of carboxylic acids is 1. The van der Waals surface area contributed by atoms with E-state index in [1.54, 1.807) is 17.9 Å². The Morgan fingerprint density at radius 1 is 1.62 bits per heavy atom. The second kappa shape index (κ2) is 5.69. The average molecular weight is 309 g/mol. The maximum atomic E-state index is 11.7. The van der Waals surface area contributed by atoms with Gasteiger partial charge in [-0.1, -0.05) is 0 Å². The van der Waals surface area contributed by atoms with E-state index < -0.39 is 21.8 Å². The first-order chi connectivity index (χ1) is 9.84. The topological polar surface area (TPSA) is 111 Å². The predicted octanol–water partition coefficient (Wildman–Crippen LogP) is 0.340. The van der Waals surface area contributed by atoms with Crippen molar-refractivity contribution in [3.8, 4) is 6.07 Å². The van der Waals surface area contributed by atoms with Crippen molar-refractivity contribution < 1.29 is 18.3 Å². The van der Waals surface area contributed by atoms with Gasteiger partial charge in [-0.3, -0.25) is 4.79 Å². The molecule has 1 aromatic rings. The molecule has 0 amide bonds. The Kier molecular flexibility index (Phi) is 4.14. The molecule has 21 heavy (non-hydrogen) atoms. The molecule has 0 aliphatic carbocycles. The van der Waals surface area contributed by atoms with Gasteiger partial charge in [0.05, 0.1) is 29.5 Å². The minimum Gasteiger partial charge on any atom is -0.481 e. The summed E-state index contributed by atoms with van der Waals surface area (Å²) in [7, 11) is -3.26. The average Bonchev–Trinajstić information content (AvgIpc) is 2.37. The summed E-state index contributed by atoms with van der Waals surface area (Å²) in [6.07, 6.45) is 1.23. The van der Waals surface area contributed by atoms with E-state index in [0.29, 0.717) is 11.4 Å². The maximum Gasteiger partial charge on any atom is 0.305 e. The summed E-state index contributed by atoms with van der Waals surface area (Å²) >= 11 is 0. The van der Waals surface area contributed by atoms with E-state index in [0.717, 1.165) is 5.56 Å². The molecule has 1 aliphatic heterocycles. The lowest BCUT2D eigenvalue weighted by atomic mass is 10.1. The van der Waals surface area contributed by atoms with E-state index in [2.05, 4.69) is 11.1 Å². The van der Waals surface area contributed by atoms with Crippen LogP contribution in [0.1, 0.15) is 17.5 Å². The maximum absolute atomic E-state index is 11.7. The molecular weight excluding hydrogens is 294 g/mol. The second-order valence-corrected chi connectivity index (χ2v) is 7.23. The number of aryl methyl sites for hydroxylation is 1. The molecule has 7 nitrogen and oxygen atoms in total. The molecule has 0 saturated carbocycles. The van der Waals surface area contributed by atoms with Crippen LogP contribution in [0.2, 0.25) is 0 Å². The van der Waals surface area contributed by atoms with E-state index >= 15 is 0 Å². The highest BCUT2D eigenvalue weighted by Crippen LogP contribution is 2.26. The van der Waals surface area contributed by atoms with Crippen molar-refractivity contribution in [3.05, 3.63) is 23.4 Å². The molecule has 1 N–H and O–H groups in total. The van der Waals surface area contributed by atoms with Crippen LogP contribution in [0.25, 0.3) is 0 Å². The Labute approximate surface area is 122 Å². The van der Waals surface area contributed by atoms with Gasteiger partial charge in [0.15, 0.2) is 9.84 Å². The molecule has 0 spiro atoms. The fraction of sp³-hybridized carbons (Fsp3) is 0.462. The number of aliphatic carboxylic acids is 1. The van der Waals surface area contributed by atoms with Gasteiger partial charge in [0.2, 0.25) is 0 Å². The molecule has 1 aromatic heterocycles. The molecule has 0 radical (unpaired) electrons. The standard InChI is InChI=1S/C13H15N3O4S/c1-9-2-3-15-13(11(9)7-14)16-4-5-21(19,20)8-10(16)6-12(17)18/h2-3,10H,4-6,8H2,1H3,(H,17,18). The summed E-state index contributed by atoms with van der Waals surface area (Å²) in [5.41, 5.74) is 1.08. The molecule has 0 bridgehead atoms. The lowest BCUT2D eigenvalue weighted by Gasteiger charge is -2.36. The molecule has 8 heteroatoms. The Balaban J connectivity index is 2.44. The molecular formula is C13H15N3O4S. The first kappa shape index (κ1) is 15.3. The predicted molar refractivity (Wildman–Crippen MR) is 75.7 cm³/mol. The van der Waals surface area contributed by atoms with Crippen LogP contribution in [-0.4, -0.2) is 48.6 Å². The zero-order valence-corrected chi connectivity index (χ0v) is 12.3. The second-order valence-electron chi connectivity index (χ2n) is 5.00. The monoisotopic (exact) mass is 309 g/mol. The minimum absolute atomic E-state index is 0.0659. The van der Waals surface area contributed by atoms with Gasteiger partial charge in [0.25, 0.3) is 0 Å². The van der Waals surface area contributed by atoms with Crippen molar-refractivity contribution in [3.63, 3.8) is 0 Å². The van der Waals surface area contributed by atoms with E-state index in [4.69, 9.17) is 5.11 Å². The highest BCUT2D eigenvalue weighted by molar-refractivity contribution is 7.91. The van der Waals surface area contributed by atoms with Crippen LogP contribution in [0, 0.1) is 18.3 Å². The molecule has 112 valence electrons. The third kappa shape index (κ3) is 3.31. The van der Waals surface area contributed by atoms with Crippen LogP contribution >= 0.6 is 0 Å². The number of anilines is 1. The molecule has 1 atom stereocenters. The highest BCUT2D eigenvalue weighted by Gasteiger charge is 2.34. The zero-order valence-electron chi connectivity index (χ0n) is 11.5. The summed E-state index contributed by atoms with van der Waals surface area (Å²) < 4.78 is 23.5. The molecule has 2 heterocycles. The fourth-order valence-corrected chi connectivity index (χ4v) is 3.96. The number of hydrogen-bond donors (Lipinski definition) is 1. The lowest BCUT2D eigenvalue weighted by molar-refractivity contribution is -0.137. The van der Waals surface area contributed by atoms with Gasteiger partial charge in [-0.2, -0.15) is 5.26 Å². The summed E-state index contributed by atoms with van der Waals surface area (Å²) in [5, 5.41) is 18.2. The summed E-state index contributed by atoms with van der Waals surface area (Å²) in [6, 6.07) is 3.04. The Hall–Kier alpha value is -2.14. The highest BCUT2D eigenvalue weighted by atomic mass is 32.2. The molecule has 1 unspecified atom stereocenters. The van der Waals surface area contributed by atoms with E-state index in [-0.39, 0.29) is 24.5 Å². The van der Waals surface area contributed by atoms with Gasteiger partial charge in [-0.25, -0.2) is 13.4 Å². The minimum atomic E-state index is -3.26. The van der Waals surface area contributed by atoms with Crippen molar-refractivity contribution >= 4 is 21.6 Å². The third-order valence-corrected chi connectivity index (χ3v) is 5.16. The number of pyridine rings is 1. The largest absolute Gasteiger partial charge is 0.481 e. The van der Waals surface area contributed by atoms with Crippen molar-refractivity contribution in [2.75, 3.05) is 23.0 Å². The number of hydrogen-bond acceptors (Lipinski definition) is 6. The van der Waals surface area contributed by atoms with Crippen LogP contribution in [0.15, 0.2) is 12.3 Å². The number of sulfone groups is 1. The Bertz CT molecular complexity index is 709. The smallest absolute Gasteiger partial charge is 0.305 e. The first-order valence-electron chi connectivity index (χ1n) is 6.38. The molecule has 1 fully saturated rings. The van der Waals surface area contributed by atoms with Crippen LogP contribution in [0.5, 0.6) is 0 Å². The number of carbonyl (C=O) groups is 1. The van der Waals surface area contributed by atoms with Crippen LogP contribution in [0.4, 0.5) is 5.82 Å². The molecule has 1 aliphatic rings. The van der Waals surface area contributed by atoms with Crippen molar-refractivity contribution in [1.82, 2.24) is 4.98 Å². The number of rotatable bonds is 3. The van der Waals surface area contributed by atoms with Gasteiger partial charge in [-0.15, -0.1) is 0 Å². The van der Waals surface area contributed by atoms with Crippen molar-refractivity contribution in [2.24, 2.45) is 0 Å². The summed E-state index contributed by atoms with van der Waals surface area (Å²) in [4.78, 5) is 16.8. The van der Waals surface area contributed by atoms with Crippen LogP contribution in [-0.2, 0) is 14.6 Å². The molecule has 0 aromatic carbocycles. The quantitative estimate of drug-likeness (QED) is 0.856. The van der Waals surface area contributed by atoms with Gasteiger partial charge in [-0.05, 0) is 18.6 Å². The zero-order chi connectivity index (χ0) is 15.6. The summed E-state index contributed by atoms with van der Waals surface area (Å²) in [5.74, 6) is -1.02. The van der Waals surface area contributed by atoms with Gasteiger partial charge < -0.3 is 10.0 Å². The van der Waals surface area contributed by atoms with Crippen molar-refractivity contribution in [1.29, 1.82) is 5.26 Å². The van der Waals surface area contributed by atoms with E-state index in [9.17, 15) is 18.5 Å². The number of nitrogens with zero attached hydrogens (tertiary/aromatic N) is 3. The number of aromatic nitrogens is 1. The number of carboxylic acid groups (broad SMARTS) is 1. The van der Waals surface area contributed by atoms with Gasteiger partial charge in [0, 0.05) is 12.7 Å². The Morgan fingerprint density at radius 3 is 2.95 bits per heavy atom. The van der Waals surface area contributed by atoms with E-state index in [1.165, 1.54) is 6.20 Å². The SMILES string of the molecule is Cc1ccnc(N2CCS(=O)(=O)CC2CC(=O)O)c1C#N. The lowest BCUT2D eigenvalue weighted by Crippen LogP contribution is -2.50. The molecule has 2 rings (SSSR count).